The van der Waals surface area contributed by atoms with E-state index in [0.29, 0.717) is 50.1 Å². The van der Waals surface area contributed by atoms with Gasteiger partial charge >= 0.3 is 19.5 Å². The third-order valence-electron chi connectivity index (χ3n) is 8.05. The van der Waals surface area contributed by atoms with E-state index in [4.69, 9.17) is 66.2 Å². The Morgan fingerprint density at radius 2 is 0.628 bits per heavy atom. The van der Waals surface area contributed by atoms with E-state index in [0.717, 1.165) is 25.7 Å². The first-order valence-electron chi connectivity index (χ1n) is 17.2. The van der Waals surface area contributed by atoms with Gasteiger partial charge in [0, 0.05) is 0 Å². The molecule has 0 spiro atoms. The van der Waals surface area contributed by atoms with Gasteiger partial charge in [-0.05, 0) is 49.4 Å². The number of unbranched alkanes of at least 4 members (excludes halogenated alkanes) is 4. The molecule has 0 N–H and O–H groups in total. The van der Waals surface area contributed by atoms with Crippen LogP contribution in [0.4, 0.5) is 0 Å². The zero-order valence-corrected chi connectivity index (χ0v) is 37.3. The maximum atomic E-state index is 5.80. The molecule has 43 heavy (non-hydrogen) atoms. The summed E-state index contributed by atoms with van der Waals surface area (Å²) in [5.41, 5.74) is -4.95. The van der Waals surface area contributed by atoms with Crippen LogP contribution in [0.2, 0.25) is 0 Å². The van der Waals surface area contributed by atoms with E-state index in [-0.39, 0.29) is 19.5 Å². The summed E-state index contributed by atoms with van der Waals surface area (Å²) < 4.78 is 23.2. The molecule has 0 radical (unpaired) electrons. The fraction of sp³-hybridized carbons (Fsp3) is 1.00. The molecule has 256 valence electrons. The molecule has 4 atom stereocenters. The van der Waals surface area contributed by atoms with Crippen LogP contribution in [0.25, 0.3) is 0 Å². The van der Waals surface area contributed by atoms with Crippen LogP contribution in [0.3, 0.4) is 0 Å². The van der Waals surface area contributed by atoms with Gasteiger partial charge in [-0.15, -0.1) is 0 Å². The molecule has 0 bridgehead atoms. The van der Waals surface area contributed by atoms with Crippen LogP contribution in [0.15, 0.2) is 0 Å². The van der Waals surface area contributed by atoms with Gasteiger partial charge in [0.1, 0.15) is 0 Å². The zero-order valence-electron chi connectivity index (χ0n) is 29.3. The number of rotatable bonds is 28. The van der Waals surface area contributed by atoms with Gasteiger partial charge < -0.3 is 42.6 Å². The van der Waals surface area contributed by atoms with Gasteiger partial charge in [0.15, 0.2) is 0 Å². The molecule has 4 nitrogen and oxygen atoms in total. The van der Waals surface area contributed by atoms with Crippen molar-refractivity contribution in [3.05, 3.63) is 0 Å². The van der Waals surface area contributed by atoms with Crippen LogP contribution in [-0.2, 0) is 85.7 Å². The van der Waals surface area contributed by atoms with Gasteiger partial charge in [0.05, 0.1) is 37.8 Å². The van der Waals surface area contributed by atoms with Crippen molar-refractivity contribution in [2.45, 2.75) is 158 Å². The number of hydrogen-bond acceptors (Lipinski definition) is 8. The molecular weight excluding hydrogens is 704 g/mol. The van der Waals surface area contributed by atoms with Crippen molar-refractivity contribution in [2.24, 2.45) is 23.7 Å². The summed E-state index contributed by atoms with van der Waals surface area (Å²) in [4.78, 5) is 0. The van der Waals surface area contributed by atoms with Crippen molar-refractivity contribution in [3.8, 4) is 0 Å². The third-order valence-corrected chi connectivity index (χ3v) is 12.4. The van der Waals surface area contributed by atoms with Crippen LogP contribution in [0.1, 0.15) is 158 Å². The maximum Gasteiger partial charge on any atom is 2.00 e. The van der Waals surface area contributed by atoms with Gasteiger partial charge in [0.25, 0.3) is 0 Å². The van der Waals surface area contributed by atoms with Gasteiger partial charge in [-0.25, -0.2) is 0 Å². The Bertz CT molecular complexity index is 590. The topological polar surface area (TPSA) is 36.9 Å². The first-order chi connectivity index (χ1) is 20.0. The SMILES string of the molecule is CCCCC(CC)COP(=S)([S-])OCC(CC)CCCC.CCCCC(CC)COP(=S)([S-])OCC(CC)CCCC.[Zn+2]. The minimum atomic E-state index is -2.47. The van der Waals surface area contributed by atoms with E-state index in [1.165, 1.54) is 77.0 Å². The summed E-state index contributed by atoms with van der Waals surface area (Å²) in [6.07, 6.45) is 19.2. The summed E-state index contributed by atoms with van der Waals surface area (Å²) in [7, 11) is 0. The van der Waals surface area contributed by atoms with Crippen LogP contribution in [0.5, 0.6) is 0 Å². The first-order valence-corrected chi connectivity index (χ1v) is 24.5. The predicted octanol–water partition coefficient (Wildman–Crippen LogP) is 12.4. The largest absolute Gasteiger partial charge is 2.00 e. The van der Waals surface area contributed by atoms with E-state index < -0.39 is 11.4 Å². The molecule has 0 heterocycles. The molecule has 0 saturated carbocycles. The molecule has 0 rings (SSSR count). The Labute approximate surface area is 303 Å². The minimum Gasteiger partial charge on any atom is -0.691 e. The minimum absolute atomic E-state index is 0. The fourth-order valence-corrected chi connectivity index (χ4v) is 7.64. The average Bonchev–Trinajstić information content (AvgIpc) is 2.98. The molecule has 0 aromatic carbocycles. The average molecular weight is 772 g/mol. The molecule has 0 fully saturated rings. The zero-order chi connectivity index (χ0) is 32.3. The summed E-state index contributed by atoms with van der Waals surface area (Å²) in [6.45, 7) is 20.4. The maximum absolute atomic E-state index is 5.80. The molecule has 0 aromatic rings. The fourth-order valence-electron chi connectivity index (χ4n) is 4.45. The Kier molecular flexibility index (Phi) is 38.2. The van der Waals surface area contributed by atoms with Crippen molar-refractivity contribution in [1.29, 1.82) is 0 Å². The summed E-state index contributed by atoms with van der Waals surface area (Å²) in [5, 5.41) is 0. The summed E-state index contributed by atoms with van der Waals surface area (Å²) in [6, 6.07) is 0. The van der Waals surface area contributed by atoms with Crippen molar-refractivity contribution in [3.63, 3.8) is 0 Å². The molecule has 0 saturated heterocycles. The Morgan fingerprint density at radius 1 is 0.442 bits per heavy atom. The normalized spacial score (nSPS) is 17.0. The van der Waals surface area contributed by atoms with E-state index >= 15 is 0 Å². The van der Waals surface area contributed by atoms with Crippen LogP contribution < -0.4 is 0 Å². The molecule has 0 amide bonds. The van der Waals surface area contributed by atoms with Crippen LogP contribution in [0, 0.1) is 23.7 Å². The number of hydrogen-bond donors (Lipinski definition) is 0. The van der Waals surface area contributed by atoms with E-state index in [1.54, 1.807) is 0 Å². The van der Waals surface area contributed by atoms with E-state index in [1.807, 2.05) is 0 Å². The molecule has 0 aromatic heterocycles. The molecule has 0 aliphatic carbocycles. The third kappa shape index (κ3) is 31.5. The molecular formula is C32H68O4P2S4Zn. The Hall–Kier alpha value is 2.46. The van der Waals surface area contributed by atoms with Gasteiger partial charge in [-0.3, -0.25) is 0 Å². The van der Waals surface area contributed by atoms with Crippen molar-refractivity contribution < 1.29 is 37.6 Å². The smallest absolute Gasteiger partial charge is 0.691 e. The van der Waals surface area contributed by atoms with Gasteiger partial charge in [0.2, 0.25) is 0 Å². The van der Waals surface area contributed by atoms with Gasteiger partial charge in [-0.2, -0.15) is 0 Å². The molecule has 11 heteroatoms. The van der Waals surface area contributed by atoms with Crippen LogP contribution >= 0.6 is 11.4 Å². The first kappa shape index (κ1) is 49.8. The second kappa shape index (κ2) is 33.0. The quantitative estimate of drug-likeness (QED) is 0.0442. The predicted molar refractivity (Wildman–Crippen MR) is 200 cm³/mol. The Morgan fingerprint density at radius 3 is 0.767 bits per heavy atom. The van der Waals surface area contributed by atoms with Gasteiger partial charge in [-0.1, -0.05) is 156 Å². The summed E-state index contributed by atoms with van der Waals surface area (Å²) >= 11 is 21.5. The van der Waals surface area contributed by atoms with Crippen molar-refractivity contribution in [1.82, 2.24) is 0 Å². The van der Waals surface area contributed by atoms with E-state index in [2.05, 4.69) is 55.4 Å². The molecule has 4 unspecified atom stereocenters. The Balaban J connectivity index is -0.000000727. The van der Waals surface area contributed by atoms with E-state index in [9.17, 15) is 0 Å². The van der Waals surface area contributed by atoms with Crippen molar-refractivity contribution >= 4 is 59.5 Å². The second-order valence-electron chi connectivity index (χ2n) is 11.7. The molecule has 0 aliphatic rings. The summed E-state index contributed by atoms with van der Waals surface area (Å²) in [5.74, 6) is 2.28. The van der Waals surface area contributed by atoms with Crippen molar-refractivity contribution in [2.75, 3.05) is 26.4 Å². The standard InChI is InChI=1S/2C16H35O2PS2.Zn/c2*1-5-9-11-15(7-3)13-17-19(20,21)18-14-16(8-4)12-10-6-2;/h2*15-16H,5-14H2,1-4H3,(H,20,21);/q;;+2/p-2. The van der Waals surface area contributed by atoms with Crippen LogP contribution in [-0.4, -0.2) is 26.4 Å². The monoisotopic (exact) mass is 770 g/mol. The second-order valence-corrected chi connectivity index (χ2v) is 21.7. The molecule has 0 aliphatic heterocycles.